The quantitative estimate of drug-likeness (QED) is 0.608. The number of nitrogens with zero attached hydrogens (tertiary/aromatic N) is 3. The van der Waals surface area contributed by atoms with E-state index in [4.69, 9.17) is 4.74 Å². The van der Waals surface area contributed by atoms with Gasteiger partial charge in [0.15, 0.2) is 0 Å². The van der Waals surface area contributed by atoms with Crippen LogP contribution in [0.4, 0.5) is 0 Å². The highest BCUT2D eigenvalue weighted by Gasteiger charge is 2.27. The standard InChI is InChI=1S/C24H30N4O3/c1-15(2)9-21-19-11-20(23(29)12-22(19)26-25-21)24(30)28-13-16-5-6-18(10-17(16)14-28)31-8-7-27(3)4/h5-6,10-12,15,29H,7-9,13-14H2,1-4H3,(H,25,26). The van der Waals surface area contributed by atoms with Crippen LogP contribution in [-0.4, -0.2) is 58.3 Å². The predicted octanol–water partition coefficient (Wildman–Crippen LogP) is 3.56. The fourth-order valence-corrected chi connectivity index (χ4v) is 3.94. The minimum atomic E-state index is -0.178. The number of nitrogens with one attached hydrogen (secondary N) is 1. The van der Waals surface area contributed by atoms with E-state index in [1.807, 2.05) is 32.3 Å². The Morgan fingerprint density at radius 1 is 1.23 bits per heavy atom. The third kappa shape index (κ3) is 4.51. The Balaban J connectivity index is 1.53. The zero-order valence-corrected chi connectivity index (χ0v) is 18.6. The Bertz CT molecular complexity index is 1100. The summed E-state index contributed by atoms with van der Waals surface area (Å²) in [6.45, 7) is 6.75. The van der Waals surface area contributed by atoms with Gasteiger partial charge in [-0.1, -0.05) is 19.9 Å². The smallest absolute Gasteiger partial charge is 0.258 e. The highest BCUT2D eigenvalue weighted by molar-refractivity contribution is 6.01. The van der Waals surface area contributed by atoms with Crippen LogP contribution < -0.4 is 4.74 Å². The summed E-state index contributed by atoms with van der Waals surface area (Å²) in [5, 5.41) is 18.7. The van der Waals surface area contributed by atoms with E-state index in [0.717, 1.165) is 46.4 Å². The van der Waals surface area contributed by atoms with Crippen molar-refractivity contribution in [3.05, 3.63) is 52.7 Å². The van der Waals surface area contributed by atoms with Gasteiger partial charge in [0.2, 0.25) is 0 Å². The van der Waals surface area contributed by atoms with Gasteiger partial charge in [0.1, 0.15) is 18.1 Å². The summed E-state index contributed by atoms with van der Waals surface area (Å²) < 4.78 is 5.83. The van der Waals surface area contributed by atoms with Crippen LogP contribution in [-0.2, 0) is 19.5 Å². The number of benzene rings is 2. The molecule has 7 nitrogen and oxygen atoms in total. The van der Waals surface area contributed by atoms with Crippen molar-refractivity contribution in [1.82, 2.24) is 20.0 Å². The molecule has 0 spiro atoms. The molecule has 2 N–H and O–H groups in total. The molecular formula is C24H30N4O3. The maximum Gasteiger partial charge on any atom is 0.258 e. The van der Waals surface area contributed by atoms with Crippen LogP contribution in [0, 0.1) is 5.92 Å². The molecule has 164 valence electrons. The molecule has 31 heavy (non-hydrogen) atoms. The van der Waals surface area contributed by atoms with Crippen molar-refractivity contribution in [2.75, 3.05) is 27.2 Å². The Morgan fingerprint density at radius 2 is 2.00 bits per heavy atom. The normalized spacial score (nSPS) is 13.4. The molecule has 0 radical (unpaired) electrons. The number of phenolic OH excluding ortho intramolecular Hbond substituents is 1. The molecule has 0 unspecified atom stereocenters. The number of aromatic amines is 1. The average Bonchev–Trinajstić information content (AvgIpc) is 3.29. The number of phenols is 1. The number of hydrogen-bond donors (Lipinski definition) is 2. The molecule has 1 aliphatic heterocycles. The molecule has 1 aromatic heterocycles. The number of amides is 1. The second-order valence-corrected chi connectivity index (χ2v) is 8.93. The molecule has 7 heteroatoms. The van der Waals surface area contributed by atoms with Gasteiger partial charge in [0.05, 0.1) is 16.8 Å². The second kappa shape index (κ2) is 8.59. The van der Waals surface area contributed by atoms with E-state index < -0.39 is 0 Å². The summed E-state index contributed by atoms with van der Waals surface area (Å²) in [6, 6.07) is 9.35. The molecule has 2 aromatic carbocycles. The van der Waals surface area contributed by atoms with Gasteiger partial charge in [-0.3, -0.25) is 9.89 Å². The Labute approximate surface area is 182 Å². The van der Waals surface area contributed by atoms with Crippen molar-refractivity contribution in [2.45, 2.75) is 33.4 Å². The number of carbonyl (C=O) groups excluding carboxylic acids is 1. The summed E-state index contributed by atoms with van der Waals surface area (Å²) in [6.07, 6.45) is 0.810. The molecule has 0 bridgehead atoms. The number of aromatic nitrogens is 2. The minimum Gasteiger partial charge on any atom is -0.507 e. The maximum absolute atomic E-state index is 13.3. The van der Waals surface area contributed by atoms with Crippen LogP contribution in [0.25, 0.3) is 10.9 Å². The number of likely N-dealkylation sites (N-methyl/N-ethyl adjacent to an activating group) is 1. The molecule has 0 fully saturated rings. The molecule has 3 aromatic rings. The molecule has 1 amide bonds. The first-order valence-electron chi connectivity index (χ1n) is 10.7. The molecule has 0 aliphatic carbocycles. The van der Waals surface area contributed by atoms with Crippen LogP contribution in [0.1, 0.15) is 41.0 Å². The van der Waals surface area contributed by atoms with Crippen molar-refractivity contribution in [3.63, 3.8) is 0 Å². The summed E-state index contributed by atoms with van der Waals surface area (Å²) in [7, 11) is 4.02. The van der Waals surface area contributed by atoms with E-state index in [0.29, 0.717) is 31.2 Å². The van der Waals surface area contributed by atoms with Gasteiger partial charge in [-0.15, -0.1) is 0 Å². The van der Waals surface area contributed by atoms with Crippen LogP contribution >= 0.6 is 0 Å². The largest absolute Gasteiger partial charge is 0.507 e. The molecule has 0 atom stereocenters. The zero-order valence-electron chi connectivity index (χ0n) is 18.6. The van der Waals surface area contributed by atoms with E-state index in [1.165, 1.54) is 0 Å². The molecular weight excluding hydrogens is 392 g/mol. The van der Waals surface area contributed by atoms with Gasteiger partial charge in [-0.05, 0) is 55.8 Å². The van der Waals surface area contributed by atoms with Gasteiger partial charge >= 0.3 is 0 Å². The number of ether oxygens (including phenoxy) is 1. The van der Waals surface area contributed by atoms with Crippen molar-refractivity contribution >= 4 is 16.8 Å². The van der Waals surface area contributed by atoms with Crippen molar-refractivity contribution < 1.29 is 14.6 Å². The first-order chi connectivity index (χ1) is 14.8. The van der Waals surface area contributed by atoms with Gasteiger partial charge in [0, 0.05) is 31.1 Å². The molecule has 0 saturated heterocycles. The zero-order chi connectivity index (χ0) is 22.1. The van der Waals surface area contributed by atoms with E-state index in [2.05, 4.69) is 28.9 Å². The van der Waals surface area contributed by atoms with Crippen molar-refractivity contribution in [1.29, 1.82) is 0 Å². The third-order valence-electron chi connectivity index (χ3n) is 5.58. The Morgan fingerprint density at radius 3 is 2.74 bits per heavy atom. The third-order valence-corrected chi connectivity index (χ3v) is 5.58. The molecule has 2 heterocycles. The lowest BCUT2D eigenvalue weighted by Gasteiger charge is -2.16. The highest BCUT2D eigenvalue weighted by Crippen LogP contribution is 2.32. The molecule has 4 rings (SSSR count). The number of aromatic hydroxyl groups is 1. The number of H-pyrrole nitrogens is 1. The minimum absolute atomic E-state index is 0.0269. The first kappa shape index (κ1) is 21.2. The van der Waals surface area contributed by atoms with E-state index >= 15 is 0 Å². The summed E-state index contributed by atoms with van der Waals surface area (Å²) in [4.78, 5) is 17.1. The van der Waals surface area contributed by atoms with Crippen LogP contribution in [0.3, 0.4) is 0 Å². The Hall–Kier alpha value is -3.06. The fourth-order valence-electron chi connectivity index (χ4n) is 3.94. The second-order valence-electron chi connectivity index (χ2n) is 8.93. The van der Waals surface area contributed by atoms with Gasteiger partial charge < -0.3 is 19.6 Å². The topological polar surface area (TPSA) is 81.7 Å². The summed E-state index contributed by atoms with van der Waals surface area (Å²) in [5.41, 5.74) is 4.17. The van der Waals surface area contributed by atoms with Crippen LogP contribution in [0.2, 0.25) is 0 Å². The van der Waals surface area contributed by atoms with Crippen LogP contribution in [0.5, 0.6) is 11.5 Å². The van der Waals surface area contributed by atoms with E-state index in [-0.39, 0.29) is 11.7 Å². The van der Waals surface area contributed by atoms with Gasteiger partial charge in [0.25, 0.3) is 5.91 Å². The molecule has 1 aliphatic rings. The van der Waals surface area contributed by atoms with Crippen LogP contribution in [0.15, 0.2) is 30.3 Å². The number of hydrogen-bond acceptors (Lipinski definition) is 5. The predicted molar refractivity (Wildman–Crippen MR) is 120 cm³/mol. The Kier molecular flexibility index (Phi) is 5.87. The lowest BCUT2D eigenvalue weighted by atomic mass is 10.0. The van der Waals surface area contributed by atoms with Crippen molar-refractivity contribution in [2.24, 2.45) is 5.92 Å². The average molecular weight is 423 g/mol. The molecule has 0 saturated carbocycles. The summed E-state index contributed by atoms with van der Waals surface area (Å²) in [5.74, 6) is 1.06. The maximum atomic E-state index is 13.3. The van der Waals surface area contributed by atoms with E-state index in [9.17, 15) is 9.90 Å². The monoisotopic (exact) mass is 422 g/mol. The fraction of sp³-hybridized carbons (Fsp3) is 0.417. The van der Waals surface area contributed by atoms with Gasteiger partial charge in [-0.25, -0.2) is 0 Å². The first-order valence-corrected chi connectivity index (χ1v) is 10.7. The number of rotatable bonds is 7. The number of fused-ring (bicyclic) bond motifs is 2. The number of carbonyl (C=O) groups is 1. The lowest BCUT2D eigenvalue weighted by Crippen LogP contribution is -2.25. The summed E-state index contributed by atoms with van der Waals surface area (Å²) >= 11 is 0. The highest BCUT2D eigenvalue weighted by atomic mass is 16.5. The van der Waals surface area contributed by atoms with E-state index in [1.54, 1.807) is 17.0 Å². The lowest BCUT2D eigenvalue weighted by molar-refractivity contribution is 0.0748. The van der Waals surface area contributed by atoms with Gasteiger partial charge in [-0.2, -0.15) is 5.10 Å². The van der Waals surface area contributed by atoms with Crippen molar-refractivity contribution in [3.8, 4) is 11.5 Å². The SMILES string of the molecule is CC(C)Cc1n[nH]c2cc(O)c(C(=O)N3Cc4ccc(OCCN(C)C)cc4C3)cc12.